The smallest absolute Gasteiger partial charge is 0.419 e. The summed E-state index contributed by atoms with van der Waals surface area (Å²) < 4.78 is 90.9. The van der Waals surface area contributed by atoms with E-state index in [2.05, 4.69) is 23.6 Å². The van der Waals surface area contributed by atoms with E-state index < -0.39 is 70.3 Å². The molecule has 3 rings (SSSR count). The number of ether oxygens (including phenoxy) is 1. The molecule has 7 nitrogen and oxygen atoms in total. The number of amides is 1. The lowest BCUT2D eigenvalue weighted by Crippen LogP contribution is -2.41. The van der Waals surface area contributed by atoms with Gasteiger partial charge < -0.3 is 10.1 Å². The van der Waals surface area contributed by atoms with Crippen molar-refractivity contribution < 1.29 is 40.7 Å². The van der Waals surface area contributed by atoms with E-state index in [1.54, 1.807) is 6.08 Å². The molecule has 0 saturated heterocycles. The Morgan fingerprint density at radius 2 is 1.79 bits per heavy atom. The average molecular weight is 698 g/mol. The maximum Gasteiger partial charge on any atom is 0.419 e. The monoisotopic (exact) mass is 697 g/mol. The van der Waals surface area contributed by atoms with E-state index in [-0.39, 0.29) is 47.8 Å². The number of aryl methyl sites for hydroxylation is 2. The molecule has 0 spiro atoms. The van der Waals surface area contributed by atoms with Gasteiger partial charge in [-0.15, -0.1) is 13.2 Å². The number of nitrogens with zero attached hydrogens (tertiary/aromatic N) is 2. The third-order valence-electron chi connectivity index (χ3n) is 7.38. The minimum atomic E-state index is -5.00. The summed E-state index contributed by atoms with van der Waals surface area (Å²) in [5.74, 6) is -4.48. The van der Waals surface area contributed by atoms with Crippen LogP contribution in [0.3, 0.4) is 0 Å². The van der Waals surface area contributed by atoms with E-state index in [0.29, 0.717) is 35.6 Å². The number of halogens is 7. The Morgan fingerprint density at radius 3 is 2.42 bits per heavy atom. The van der Waals surface area contributed by atoms with Crippen molar-refractivity contribution in [3.8, 4) is 11.1 Å². The number of aromatic nitrogens is 2. The maximum absolute atomic E-state index is 15.9. The second-order valence-corrected chi connectivity index (χ2v) is 11.3. The maximum atomic E-state index is 15.9. The van der Waals surface area contributed by atoms with Gasteiger partial charge in [0.15, 0.2) is 5.15 Å². The first-order valence-electron chi connectivity index (χ1n) is 14.9. The Morgan fingerprint density at radius 1 is 1.08 bits per heavy atom. The number of hydrogen-bond acceptors (Lipinski definition) is 5. The first kappa shape index (κ1) is 38.1. The first-order valence-corrected chi connectivity index (χ1v) is 15.3. The summed E-state index contributed by atoms with van der Waals surface area (Å²) >= 11 is 5.72. The van der Waals surface area contributed by atoms with Crippen molar-refractivity contribution in [2.24, 2.45) is 0 Å². The second kappa shape index (κ2) is 16.6. The summed E-state index contributed by atoms with van der Waals surface area (Å²) in [6.07, 6.45) is -0.788. The number of allylic oxidation sites excluding steroid dienone is 2. The quantitative estimate of drug-likeness (QED) is 0.0750. The Labute approximate surface area is 278 Å². The van der Waals surface area contributed by atoms with E-state index in [1.807, 2.05) is 0 Å². The molecule has 0 aliphatic heterocycles. The minimum Gasteiger partial charge on any atom is -0.466 e. The molecule has 2 atom stereocenters. The fraction of sp³-hybridized carbons (Fsp3) is 0.353. The second-order valence-electron chi connectivity index (χ2n) is 10.9. The van der Waals surface area contributed by atoms with E-state index in [4.69, 9.17) is 16.3 Å². The van der Waals surface area contributed by atoms with Crippen molar-refractivity contribution in [1.29, 1.82) is 0 Å². The molecule has 1 amide bonds. The Kier molecular flexibility index (Phi) is 13.2. The standard InChI is InChI=1S/C34H34ClF6N3O4/c1-5-8-9-10-12-20-14-22(36)16-25(37)30(20)21-13-19(4)31(38)23(15-21)26(18-29(46)48-7-3)42-33(47)27(11-6-2)44-28(45)17-24(32(35)43-44)34(39,40)41/h5-6,13-17,26-27H,1-2,7-12,18H2,3-4H3,(H,42,47)/t26-,27-/m0/s1. The third kappa shape index (κ3) is 9.36. The van der Waals surface area contributed by atoms with Gasteiger partial charge in [0.25, 0.3) is 5.56 Å². The first-order chi connectivity index (χ1) is 22.6. The number of rotatable bonds is 15. The Balaban J connectivity index is 2.14. The van der Waals surface area contributed by atoms with Crippen molar-refractivity contribution in [2.45, 2.75) is 70.6 Å². The van der Waals surface area contributed by atoms with Crippen LogP contribution in [0, 0.1) is 24.4 Å². The van der Waals surface area contributed by atoms with Crippen molar-refractivity contribution in [2.75, 3.05) is 6.61 Å². The van der Waals surface area contributed by atoms with Crippen LogP contribution in [-0.4, -0.2) is 28.3 Å². The molecule has 2 aromatic carbocycles. The lowest BCUT2D eigenvalue weighted by Gasteiger charge is -2.25. The summed E-state index contributed by atoms with van der Waals surface area (Å²) in [5.41, 5.74) is -2.63. The molecule has 3 aromatic rings. The van der Waals surface area contributed by atoms with Crippen LogP contribution in [0.2, 0.25) is 5.15 Å². The van der Waals surface area contributed by atoms with Crippen LogP contribution in [0.4, 0.5) is 26.3 Å². The molecule has 0 saturated carbocycles. The predicted molar refractivity (Wildman–Crippen MR) is 169 cm³/mol. The molecule has 0 radical (unpaired) electrons. The molecule has 0 bridgehead atoms. The van der Waals surface area contributed by atoms with Gasteiger partial charge in [0.05, 0.1) is 19.1 Å². The van der Waals surface area contributed by atoms with Crippen molar-refractivity contribution in [3.63, 3.8) is 0 Å². The van der Waals surface area contributed by atoms with Crippen molar-refractivity contribution >= 4 is 23.5 Å². The highest BCUT2D eigenvalue weighted by Crippen LogP contribution is 2.35. The van der Waals surface area contributed by atoms with Gasteiger partial charge in [-0.3, -0.25) is 14.4 Å². The van der Waals surface area contributed by atoms with E-state index >= 15 is 8.78 Å². The van der Waals surface area contributed by atoms with Gasteiger partial charge in [-0.2, -0.15) is 18.3 Å². The van der Waals surface area contributed by atoms with Gasteiger partial charge >= 0.3 is 12.1 Å². The summed E-state index contributed by atoms with van der Waals surface area (Å²) in [6.45, 7) is 10.0. The van der Waals surface area contributed by atoms with E-state index in [0.717, 1.165) is 0 Å². The van der Waals surface area contributed by atoms with Crippen LogP contribution in [0.15, 0.2) is 60.4 Å². The number of esters is 1. The van der Waals surface area contributed by atoms with Crippen LogP contribution in [0.25, 0.3) is 11.1 Å². The molecule has 0 fully saturated rings. The zero-order chi connectivity index (χ0) is 35.8. The number of carbonyl (C=O) groups excluding carboxylic acids is 2. The molecule has 0 unspecified atom stereocenters. The lowest BCUT2D eigenvalue weighted by atomic mass is 9.90. The summed E-state index contributed by atoms with van der Waals surface area (Å²) in [7, 11) is 0. The molecular weight excluding hydrogens is 664 g/mol. The van der Waals surface area contributed by atoms with Crippen LogP contribution in [0.5, 0.6) is 0 Å². The molecular formula is C34H34ClF6N3O4. The number of unbranched alkanes of at least 4 members (excludes halogenated alkanes) is 2. The van der Waals surface area contributed by atoms with E-state index in [1.165, 1.54) is 38.1 Å². The molecule has 1 N–H and O–H groups in total. The van der Waals surface area contributed by atoms with Crippen LogP contribution >= 0.6 is 11.6 Å². The van der Waals surface area contributed by atoms with Gasteiger partial charge in [0.2, 0.25) is 5.91 Å². The van der Waals surface area contributed by atoms with Crippen LogP contribution < -0.4 is 10.9 Å². The van der Waals surface area contributed by atoms with Gasteiger partial charge in [0.1, 0.15) is 29.1 Å². The Hall–Kier alpha value is -4.39. The minimum absolute atomic E-state index is 0.000228. The number of nitrogens with one attached hydrogen (secondary N) is 1. The summed E-state index contributed by atoms with van der Waals surface area (Å²) in [4.78, 5) is 39.0. The van der Waals surface area contributed by atoms with Crippen molar-refractivity contribution in [1.82, 2.24) is 15.1 Å². The molecule has 48 heavy (non-hydrogen) atoms. The largest absolute Gasteiger partial charge is 0.466 e. The van der Waals surface area contributed by atoms with Crippen LogP contribution in [-0.2, 0) is 26.9 Å². The molecule has 0 aliphatic carbocycles. The lowest BCUT2D eigenvalue weighted by molar-refractivity contribution is -0.144. The summed E-state index contributed by atoms with van der Waals surface area (Å²) in [5, 5.41) is 4.88. The fourth-order valence-electron chi connectivity index (χ4n) is 5.18. The molecule has 258 valence electrons. The number of hydrogen-bond donors (Lipinski definition) is 1. The normalized spacial score (nSPS) is 12.7. The third-order valence-corrected chi connectivity index (χ3v) is 7.66. The number of carbonyl (C=O) groups is 2. The fourth-order valence-corrected chi connectivity index (χ4v) is 5.43. The average Bonchev–Trinajstić information content (AvgIpc) is 2.99. The van der Waals surface area contributed by atoms with Crippen LogP contribution in [0.1, 0.15) is 73.4 Å². The highest BCUT2D eigenvalue weighted by molar-refractivity contribution is 6.30. The molecule has 1 aromatic heterocycles. The van der Waals surface area contributed by atoms with Gasteiger partial charge in [-0.1, -0.05) is 23.8 Å². The van der Waals surface area contributed by atoms with Gasteiger partial charge in [-0.05, 0) is 80.8 Å². The SMILES string of the molecule is C=CCCCCc1cc(F)cc(F)c1-c1cc(C)c(F)c([C@H](CC(=O)OCC)NC(=O)[C@H](CC=C)n2nc(Cl)c(C(F)(F)F)cc2=O)c1. The summed E-state index contributed by atoms with van der Waals surface area (Å²) in [6, 6.07) is 1.53. The zero-order valence-corrected chi connectivity index (χ0v) is 27.0. The molecule has 14 heteroatoms. The number of alkyl halides is 3. The van der Waals surface area contributed by atoms with Crippen molar-refractivity contribution in [3.05, 3.63) is 111 Å². The highest BCUT2D eigenvalue weighted by Gasteiger charge is 2.36. The molecule has 0 aliphatic rings. The Bertz CT molecular complexity index is 1740. The predicted octanol–water partition coefficient (Wildman–Crippen LogP) is 8.13. The van der Waals surface area contributed by atoms with Gasteiger partial charge in [0, 0.05) is 23.3 Å². The topological polar surface area (TPSA) is 90.3 Å². The number of benzene rings is 2. The van der Waals surface area contributed by atoms with E-state index in [9.17, 15) is 31.9 Å². The highest BCUT2D eigenvalue weighted by atomic mass is 35.5. The zero-order valence-electron chi connectivity index (χ0n) is 26.2. The molecule has 1 heterocycles. The van der Waals surface area contributed by atoms with Gasteiger partial charge in [-0.25, -0.2) is 17.9 Å².